The third kappa shape index (κ3) is 2.18. The molecule has 1 N–H and O–H groups in total. The van der Waals surface area contributed by atoms with Crippen molar-refractivity contribution < 1.29 is 4.84 Å². The second kappa shape index (κ2) is 4.53. The smallest absolute Gasteiger partial charge is 0.106 e. The van der Waals surface area contributed by atoms with E-state index in [1.807, 2.05) is 12.1 Å². The standard InChI is InChI=1S/C10H10Br2N2O/c1-15-14-9-2-3-13-10-7(9)4-6(11)5-8(10)12/h4-5,13H,2-3H2,1H3/b14-9+. The molecule has 0 aliphatic carbocycles. The first kappa shape index (κ1) is 11.0. The van der Waals surface area contributed by atoms with Crippen molar-refractivity contribution >= 4 is 43.3 Å². The highest BCUT2D eigenvalue weighted by atomic mass is 79.9. The maximum Gasteiger partial charge on any atom is 0.106 e. The Hall–Kier alpha value is -0.550. The van der Waals surface area contributed by atoms with Gasteiger partial charge in [-0.2, -0.15) is 0 Å². The van der Waals surface area contributed by atoms with Gasteiger partial charge in [0.25, 0.3) is 0 Å². The summed E-state index contributed by atoms with van der Waals surface area (Å²) in [6.45, 7) is 0.884. The lowest BCUT2D eigenvalue weighted by Gasteiger charge is -2.20. The van der Waals surface area contributed by atoms with E-state index < -0.39 is 0 Å². The Bertz CT molecular complexity index is 418. The fourth-order valence-corrected chi connectivity index (χ4v) is 2.99. The van der Waals surface area contributed by atoms with Crippen LogP contribution in [0.15, 0.2) is 26.2 Å². The topological polar surface area (TPSA) is 33.6 Å². The molecule has 0 saturated carbocycles. The van der Waals surface area contributed by atoms with Gasteiger partial charge in [0.1, 0.15) is 7.11 Å². The van der Waals surface area contributed by atoms with Gasteiger partial charge < -0.3 is 10.2 Å². The van der Waals surface area contributed by atoms with Gasteiger partial charge in [-0.1, -0.05) is 21.1 Å². The predicted octanol–water partition coefficient (Wildman–Crippen LogP) is 3.38. The van der Waals surface area contributed by atoms with Gasteiger partial charge in [-0.15, -0.1) is 0 Å². The number of rotatable bonds is 1. The highest BCUT2D eigenvalue weighted by Gasteiger charge is 2.18. The van der Waals surface area contributed by atoms with Gasteiger partial charge in [0.05, 0.1) is 11.4 Å². The number of nitrogens with zero attached hydrogens (tertiary/aromatic N) is 1. The van der Waals surface area contributed by atoms with Crippen molar-refractivity contribution in [3.05, 3.63) is 26.6 Å². The van der Waals surface area contributed by atoms with Gasteiger partial charge >= 0.3 is 0 Å². The van der Waals surface area contributed by atoms with Crippen molar-refractivity contribution in [1.29, 1.82) is 0 Å². The van der Waals surface area contributed by atoms with Crippen LogP contribution in [-0.4, -0.2) is 19.4 Å². The monoisotopic (exact) mass is 332 g/mol. The molecule has 0 spiro atoms. The molecule has 1 aliphatic rings. The first-order valence-electron chi connectivity index (χ1n) is 4.55. The number of nitrogens with one attached hydrogen (secondary N) is 1. The lowest BCUT2D eigenvalue weighted by molar-refractivity contribution is 0.213. The molecule has 15 heavy (non-hydrogen) atoms. The van der Waals surface area contributed by atoms with E-state index in [1.165, 1.54) is 0 Å². The van der Waals surface area contributed by atoms with E-state index >= 15 is 0 Å². The summed E-state index contributed by atoms with van der Waals surface area (Å²) in [7, 11) is 1.57. The minimum absolute atomic E-state index is 0.879. The number of fused-ring (bicyclic) bond motifs is 1. The van der Waals surface area contributed by atoms with Crippen molar-refractivity contribution in [2.24, 2.45) is 5.16 Å². The lowest BCUT2D eigenvalue weighted by Crippen LogP contribution is -2.19. The van der Waals surface area contributed by atoms with Crippen LogP contribution in [0.3, 0.4) is 0 Å². The highest BCUT2D eigenvalue weighted by Crippen LogP contribution is 2.33. The molecular formula is C10H10Br2N2O. The van der Waals surface area contributed by atoms with Crippen LogP contribution in [0, 0.1) is 0 Å². The molecule has 0 atom stereocenters. The zero-order chi connectivity index (χ0) is 10.8. The van der Waals surface area contributed by atoms with Crippen molar-refractivity contribution in [2.75, 3.05) is 19.0 Å². The summed E-state index contributed by atoms with van der Waals surface area (Å²) in [6, 6.07) is 4.06. The zero-order valence-electron chi connectivity index (χ0n) is 8.18. The quantitative estimate of drug-likeness (QED) is 0.799. The van der Waals surface area contributed by atoms with E-state index in [2.05, 4.69) is 42.3 Å². The molecule has 0 unspecified atom stereocenters. The molecule has 1 aromatic carbocycles. The van der Waals surface area contributed by atoms with Gasteiger partial charge in [0, 0.05) is 27.5 Å². The molecule has 1 heterocycles. The molecule has 0 amide bonds. The molecule has 0 fully saturated rings. The molecule has 0 radical (unpaired) electrons. The first-order valence-corrected chi connectivity index (χ1v) is 6.14. The number of benzene rings is 1. The Balaban J connectivity index is 2.55. The summed E-state index contributed by atoms with van der Waals surface area (Å²) < 4.78 is 2.07. The van der Waals surface area contributed by atoms with Crippen molar-refractivity contribution in [2.45, 2.75) is 6.42 Å². The largest absolute Gasteiger partial charge is 0.399 e. The number of hydrogen-bond acceptors (Lipinski definition) is 3. The van der Waals surface area contributed by atoms with E-state index in [0.717, 1.165) is 38.9 Å². The molecule has 2 rings (SSSR count). The molecular weight excluding hydrogens is 324 g/mol. The van der Waals surface area contributed by atoms with Crippen molar-refractivity contribution in [3.63, 3.8) is 0 Å². The fraction of sp³-hybridized carbons (Fsp3) is 0.300. The number of oxime groups is 1. The third-order valence-electron chi connectivity index (χ3n) is 2.23. The fourth-order valence-electron chi connectivity index (χ4n) is 1.63. The molecule has 3 nitrogen and oxygen atoms in total. The van der Waals surface area contributed by atoms with E-state index in [9.17, 15) is 0 Å². The average molecular weight is 334 g/mol. The Morgan fingerprint density at radius 3 is 2.93 bits per heavy atom. The first-order chi connectivity index (χ1) is 7.22. The van der Waals surface area contributed by atoms with Gasteiger partial charge in [-0.05, 0) is 28.1 Å². The summed E-state index contributed by atoms with van der Waals surface area (Å²) in [6.07, 6.45) is 0.879. The van der Waals surface area contributed by atoms with Crippen LogP contribution < -0.4 is 5.32 Å². The van der Waals surface area contributed by atoms with E-state index in [-0.39, 0.29) is 0 Å². The third-order valence-corrected chi connectivity index (χ3v) is 3.31. The Morgan fingerprint density at radius 1 is 1.40 bits per heavy atom. The molecule has 0 saturated heterocycles. The minimum Gasteiger partial charge on any atom is -0.399 e. The Labute approximate surface area is 105 Å². The van der Waals surface area contributed by atoms with Crippen LogP contribution in [-0.2, 0) is 4.84 Å². The number of hydrogen-bond donors (Lipinski definition) is 1. The number of halogens is 2. The predicted molar refractivity (Wildman–Crippen MR) is 68.5 cm³/mol. The highest BCUT2D eigenvalue weighted by molar-refractivity contribution is 9.11. The van der Waals surface area contributed by atoms with Crippen LogP contribution in [0.4, 0.5) is 5.69 Å². The van der Waals surface area contributed by atoms with Gasteiger partial charge in [-0.3, -0.25) is 0 Å². The normalized spacial score (nSPS) is 17.1. The summed E-state index contributed by atoms with van der Waals surface area (Å²) in [4.78, 5) is 4.85. The molecule has 5 heteroatoms. The molecule has 80 valence electrons. The SMILES string of the molecule is CO/N=C1\CCNc2c(Br)cc(Br)cc21. The zero-order valence-corrected chi connectivity index (χ0v) is 11.4. The second-order valence-electron chi connectivity index (χ2n) is 3.21. The summed E-state index contributed by atoms with van der Waals surface area (Å²) in [5, 5.41) is 7.38. The summed E-state index contributed by atoms with van der Waals surface area (Å²) in [5.41, 5.74) is 3.15. The Morgan fingerprint density at radius 2 is 2.20 bits per heavy atom. The van der Waals surface area contributed by atoms with Crippen molar-refractivity contribution in [3.8, 4) is 0 Å². The second-order valence-corrected chi connectivity index (χ2v) is 4.98. The average Bonchev–Trinajstić information content (AvgIpc) is 2.19. The van der Waals surface area contributed by atoms with Crippen LogP contribution in [0.1, 0.15) is 12.0 Å². The maximum atomic E-state index is 4.85. The van der Waals surface area contributed by atoms with Crippen LogP contribution in [0.25, 0.3) is 0 Å². The van der Waals surface area contributed by atoms with Gasteiger partial charge in [0.15, 0.2) is 0 Å². The van der Waals surface area contributed by atoms with E-state index in [1.54, 1.807) is 7.11 Å². The Kier molecular flexibility index (Phi) is 3.31. The lowest BCUT2D eigenvalue weighted by atomic mass is 10.0. The van der Waals surface area contributed by atoms with Gasteiger partial charge in [0.2, 0.25) is 0 Å². The van der Waals surface area contributed by atoms with Crippen LogP contribution >= 0.6 is 31.9 Å². The molecule has 0 aromatic heterocycles. The van der Waals surface area contributed by atoms with E-state index in [4.69, 9.17) is 4.84 Å². The minimum atomic E-state index is 0.879. The molecule has 1 aliphatic heterocycles. The summed E-state index contributed by atoms with van der Waals surface area (Å²) >= 11 is 6.99. The van der Waals surface area contributed by atoms with Crippen molar-refractivity contribution in [1.82, 2.24) is 0 Å². The maximum absolute atomic E-state index is 4.85. The van der Waals surface area contributed by atoms with E-state index in [0.29, 0.717) is 0 Å². The number of anilines is 1. The van der Waals surface area contributed by atoms with Crippen LogP contribution in [0.5, 0.6) is 0 Å². The molecule has 0 bridgehead atoms. The summed E-state index contributed by atoms with van der Waals surface area (Å²) in [5.74, 6) is 0. The van der Waals surface area contributed by atoms with Crippen LogP contribution in [0.2, 0.25) is 0 Å². The van der Waals surface area contributed by atoms with Gasteiger partial charge in [-0.25, -0.2) is 0 Å². The molecule has 1 aromatic rings.